The third-order valence-electron chi connectivity index (χ3n) is 4.17. The highest BCUT2D eigenvalue weighted by molar-refractivity contribution is 6.44. The molecule has 0 saturated heterocycles. The van der Waals surface area contributed by atoms with Crippen molar-refractivity contribution in [2.75, 3.05) is 0 Å². The molecular weight excluding hydrogens is 335 g/mol. The molecule has 2 aromatic heterocycles. The van der Waals surface area contributed by atoms with Crippen molar-refractivity contribution in [1.82, 2.24) is 9.38 Å². The molecular formula is C17H12Cl2N2O2. The molecule has 0 bridgehead atoms. The second-order valence-electron chi connectivity index (χ2n) is 5.58. The summed E-state index contributed by atoms with van der Waals surface area (Å²) >= 11 is 12.3. The normalized spacial score (nSPS) is 14.3. The lowest BCUT2D eigenvalue weighted by Gasteiger charge is -2.11. The highest BCUT2D eigenvalue weighted by Gasteiger charge is 2.23. The van der Waals surface area contributed by atoms with Crippen LogP contribution in [0, 0.1) is 0 Å². The van der Waals surface area contributed by atoms with Crippen molar-refractivity contribution in [3.8, 4) is 16.9 Å². The number of Topliss-reactive ketones (excluding diaryl/α,β-unsaturated/α-hetero) is 1. The maximum absolute atomic E-state index is 12.0. The predicted molar refractivity (Wildman–Crippen MR) is 89.6 cm³/mol. The van der Waals surface area contributed by atoms with Crippen LogP contribution in [0.1, 0.15) is 29.0 Å². The maximum Gasteiger partial charge on any atom is 0.183 e. The average Bonchev–Trinajstić information content (AvgIpc) is 2.91. The molecule has 0 fully saturated rings. The molecule has 6 heteroatoms. The summed E-state index contributed by atoms with van der Waals surface area (Å²) in [6, 6.07) is 6.70. The van der Waals surface area contributed by atoms with Gasteiger partial charge in [-0.25, -0.2) is 4.98 Å². The number of fused-ring (bicyclic) bond motifs is 3. The molecule has 116 valence electrons. The molecule has 0 aliphatic heterocycles. The van der Waals surface area contributed by atoms with Gasteiger partial charge in [0.2, 0.25) is 0 Å². The van der Waals surface area contributed by atoms with E-state index in [4.69, 9.17) is 23.2 Å². The first-order chi connectivity index (χ1) is 11.1. The number of halogens is 2. The minimum Gasteiger partial charge on any atom is -0.507 e. The Labute approximate surface area is 142 Å². The molecule has 0 amide bonds. The zero-order chi connectivity index (χ0) is 16.1. The Kier molecular flexibility index (Phi) is 3.32. The number of carbonyl (C=O) groups is 1. The Bertz CT molecular complexity index is 963. The summed E-state index contributed by atoms with van der Waals surface area (Å²) in [5.41, 5.74) is 3.34. The number of pyridine rings is 1. The summed E-state index contributed by atoms with van der Waals surface area (Å²) in [5, 5.41) is 10.8. The summed E-state index contributed by atoms with van der Waals surface area (Å²) in [6.45, 7) is 0. The number of hydrogen-bond donors (Lipinski definition) is 1. The van der Waals surface area contributed by atoms with Crippen LogP contribution in [-0.2, 0) is 6.42 Å². The summed E-state index contributed by atoms with van der Waals surface area (Å²) in [4.78, 5) is 16.5. The third kappa shape index (κ3) is 2.21. The van der Waals surface area contributed by atoms with E-state index in [0.29, 0.717) is 38.9 Å². The Balaban J connectivity index is 1.94. The van der Waals surface area contributed by atoms with Gasteiger partial charge in [-0.2, -0.15) is 0 Å². The van der Waals surface area contributed by atoms with Crippen LogP contribution in [0.15, 0.2) is 30.5 Å². The van der Waals surface area contributed by atoms with Gasteiger partial charge in [0.15, 0.2) is 5.78 Å². The molecule has 4 rings (SSSR count). The second kappa shape index (κ2) is 5.25. The molecule has 1 aromatic carbocycles. The van der Waals surface area contributed by atoms with Gasteiger partial charge in [0.05, 0.1) is 15.7 Å². The quantitative estimate of drug-likeness (QED) is 0.704. The number of nitrogens with zero attached hydrogens (tertiary/aromatic N) is 2. The van der Waals surface area contributed by atoms with Crippen LogP contribution in [0.4, 0.5) is 0 Å². The van der Waals surface area contributed by atoms with E-state index < -0.39 is 0 Å². The van der Waals surface area contributed by atoms with E-state index in [2.05, 4.69) is 4.98 Å². The van der Waals surface area contributed by atoms with Crippen molar-refractivity contribution in [1.29, 1.82) is 0 Å². The number of aryl methyl sites for hydroxylation is 1. The molecule has 0 saturated carbocycles. The van der Waals surface area contributed by atoms with Crippen LogP contribution in [-0.4, -0.2) is 20.3 Å². The lowest BCUT2D eigenvalue weighted by atomic mass is 10.00. The fourth-order valence-corrected chi connectivity index (χ4v) is 3.49. The first-order valence-electron chi connectivity index (χ1n) is 7.28. The molecule has 3 aromatic rings. The van der Waals surface area contributed by atoms with E-state index in [-0.39, 0.29) is 11.5 Å². The minimum atomic E-state index is 0.0520. The Morgan fingerprint density at radius 2 is 2.00 bits per heavy atom. The van der Waals surface area contributed by atoms with Gasteiger partial charge in [-0.1, -0.05) is 23.2 Å². The van der Waals surface area contributed by atoms with Crippen LogP contribution >= 0.6 is 23.2 Å². The third-order valence-corrected chi connectivity index (χ3v) is 4.97. The van der Waals surface area contributed by atoms with E-state index >= 15 is 0 Å². The monoisotopic (exact) mass is 346 g/mol. The summed E-state index contributed by atoms with van der Waals surface area (Å²) < 4.78 is 1.92. The molecule has 2 heterocycles. The molecule has 0 radical (unpaired) electrons. The highest BCUT2D eigenvalue weighted by atomic mass is 35.5. The molecule has 1 N–H and O–H groups in total. The number of phenolic OH excluding ortho intramolecular Hbond substituents is 1. The number of rotatable bonds is 1. The fourth-order valence-electron chi connectivity index (χ4n) is 3.06. The topological polar surface area (TPSA) is 54.6 Å². The number of phenols is 1. The zero-order valence-electron chi connectivity index (χ0n) is 12.0. The molecule has 0 spiro atoms. The summed E-state index contributed by atoms with van der Waals surface area (Å²) in [7, 11) is 0. The lowest BCUT2D eigenvalue weighted by Crippen LogP contribution is -2.11. The van der Waals surface area contributed by atoms with E-state index in [9.17, 15) is 9.90 Å². The predicted octanol–water partition coefficient (Wildman–Crippen LogP) is 4.53. The zero-order valence-corrected chi connectivity index (χ0v) is 13.5. The Morgan fingerprint density at radius 1 is 1.17 bits per heavy atom. The van der Waals surface area contributed by atoms with Crippen molar-refractivity contribution in [3.63, 3.8) is 0 Å². The van der Waals surface area contributed by atoms with E-state index in [1.165, 1.54) is 6.07 Å². The van der Waals surface area contributed by atoms with Gasteiger partial charge in [-0.15, -0.1) is 0 Å². The lowest BCUT2D eigenvalue weighted by molar-refractivity contribution is 0.0967. The Morgan fingerprint density at radius 3 is 2.83 bits per heavy atom. The molecule has 4 nitrogen and oxygen atoms in total. The summed E-state index contributed by atoms with van der Waals surface area (Å²) in [5.74, 6) is 0.135. The second-order valence-corrected chi connectivity index (χ2v) is 6.37. The van der Waals surface area contributed by atoms with Crippen molar-refractivity contribution in [2.24, 2.45) is 0 Å². The van der Waals surface area contributed by atoms with Crippen molar-refractivity contribution < 1.29 is 9.90 Å². The number of carbonyl (C=O) groups excluding carboxylic acids is 1. The molecule has 1 aliphatic rings. The van der Waals surface area contributed by atoms with Gasteiger partial charge in [-0.05, 0) is 42.7 Å². The molecule has 1 aliphatic carbocycles. The minimum absolute atomic E-state index is 0.0520. The van der Waals surface area contributed by atoms with Crippen molar-refractivity contribution in [3.05, 3.63) is 51.9 Å². The van der Waals surface area contributed by atoms with Crippen LogP contribution in [0.2, 0.25) is 10.0 Å². The SMILES string of the molecule is O=C1CCCc2c1nc1cc(-c3c(O)ccc(Cl)c3Cl)ccn21. The highest BCUT2D eigenvalue weighted by Crippen LogP contribution is 2.40. The van der Waals surface area contributed by atoms with E-state index in [1.54, 1.807) is 6.07 Å². The maximum atomic E-state index is 12.0. The first kappa shape index (κ1) is 14.5. The largest absolute Gasteiger partial charge is 0.507 e. The molecule has 23 heavy (non-hydrogen) atoms. The number of aromatic nitrogens is 2. The van der Waals surface area contributed by atoms with Gasteiger partial charge >= 0.3 is 0 Å². The van der Waals surface area contributed by atoms with E-state index in [0.717, 1.165) is 18.5 Å². The van der Waals surface area contributed by atoms with Gasteiger partial charge in [-0.3, -0.25) is 4.79 Å². The van der Waals surface area contributed by atoms with Crippen LogP contribution < -0.4 is 0 Å². The smallest absolute Gasteiger partial charge is 0.183 e. The summed E-state index contributed by atoms with van der Waals surface area (Å²) in [6.07, 6.45) is 4.09. The average molecular weight is 347 g/mol. The molecule has 0 atom stereocenters. The van der Waals surface area contributed by atoms with Crippen molar-refractivity contribution >= 4 is 34.6 Å². The van der Waals surface area contributed by atoms with Gasteiger partial charge in [0.25, 0.3) is 0 Å². The van der Waals surface area contributed by atoms with Gasteiger partial charge in [0.1, 0.15) is 17.1 Å². The first-order valence-corrected chi connectivity index (χ1v) is 8.03. The van der Waals surface area contributed by atoms with Crippen LogP contribution in [0.25, 0.3) is 16.8 Å². The van der Waals surface area contributed by atoms with Gasteiger partial charge in [0, 0.05) is 18.2 Å². The number of aromatic hydroxyl groups is 1. The Hall–Kier alpha value is -2.04. The van der Waals surface area contributed by atoms with Crippen LogP contribution in [0.3, 0.4) is 0 Å². The number of hydrogen-bond acceptors (Lipinski definition) is 3. The molecule has 0 unspecified atom stereocenters. The van der Waals surface area contributed by atoms with Crippen molar-refractivity contribution in [2.45, 2.75) is 19.3 Å². The number of ketones is 1. The number of imidazole rings is 1. The van der Waals surface area contributed by atoms with Gasteiger partial charge < -0.3 is 9.51 Å². The fraction of sp³-hybridized carbons (Fsp3) is 0.176. The standard InChI is InChI=1S/C17H12Cl2N2O2/c18-10-4-5-12(22)15(16(10)19)9-6-7-21-11-2-1-3-13(23)17(11)20-14(21)8-9/h4-8,22H,1-3H2. The van der Waals surface area contributed by atoms with Crippen LogP contribution in [0.5, 0.6) is 5.75 Å². The number of benzene rings is 1. The van der Waals surface area contributed by atoms with E-state index in [1.807, 2.05) is 22.7 Å².